The molecule has 3 heterocycles. The number of fused-ring (bicyclic) bond motifs is 1. The van der Waals surface area contributed by atoms with Gasteiger partial charge in [0.15, 0.2) is 10.3 Å². The largest absolute Gasteiger partial charge is 0.306 e. The summed E-state index contributed by atoms with van der Waals surface area (Å²) in [6.07, 6.45) is 4.49. The average Bonchev–Trinajstić information content (AvgIpc) is 3.23. The Labute approximate surface area is 166 Å². The summed E-state index contributed by atoms with van der Waals surface area (Å²) in [6, 6.07) is 9.95. The first-order chi connectivity index (χ1) is 13.2. The fourth-order valence-corrected chi connectivity index (χ4v) is 4.65. The van der Waals surface area contributed by atoms with E-state index in [1.807, 2.05) is 42.6 Å². The van der Waals surface area contributed by atoms with Gasteiger partial charge in [0.1, 0.15) is 5.82 Å². The molecule has 0 unspecified atom stereocenters. The minimum Gasteiger partial charge on any atom is -0.306 e. The Kier molecular flexibility index (Phi) is 5.54. The van der Waals surface area contributed by atoms with Crippen LogP contribution in [0.2, 0.25) is 0 Å². The number of benzene rings is 1. The highest BCUT2D eigenvalue weighted by molar-refractivity contribution is 8.00. The number of aromatic nitrogens is 4. The van der Waals surface area contributed by atoms with Gasteiger partial charge >= 0.3 is 0 Å². The van der Waals surface area contributed by atoms with Crippen LogP contribution in [0.5, 0.6) is 0 Å². The third-order valence-corrected chi connectivity index (χ3v) is 6.37. The van der Waals surface area contributed by atoms with Crippen LogP contribution in [0.3, 0.4) is 0 Å². The highest BCUT2D eigenvalue weighted by Crippen LogP contribution is 2.28. The van der Waals surface area contributed by atoms with Crippen LogP contribution >= 0.6 is 23.1 Å². The smallest absolute Gasteiger partial charge is 0.239 e. The standard InChI is InChI=1S/C19H21N5OS2/c1-13(27-19-23-22-16-10-6-3-7-11-24(16)19)17(25)21-18-20-15(12-26-18)14-8-4-2-5-9-14/h2,4-5,8-9,12-13H,3,6-7,10-11H2,1H3,(H,20,21,25)/t13-/m1/s1. The van der Waals surface area contributed by atoms with Crippen molar-refractivity contribution in [1.29, 1.82) is 0 Å². The molecule has 1 aromatic carbocycles. The molecule has 0 fully saturated rings. The molecule has 4 rings (SSSR count). The van der Waals surface area contributed by atoms with Crippen LogP contribution in [0.4, 0.5) is 5.13 Å². The second-order valence-electron chi connectivity index (χ2n) is 6.51. The number of hydrogen-bond acceptors (Lipinski definition) is 6. The van der Waals surface area contributed by atoms with Gasteiger partial charge in [-0.15, -0.1) is 21.5 Å². The first kappa shape index (κ1) is 18.2. The summed E-state index contributed by atoms with van der Waals surface area (Å²) >= 11 is 2.90. The predicted octanol–water partition coefficient (Wildman–Crippen LogP) is 4.25. The fourth-order valence-electron chi connectivity index (χ4n) is 3.04. The van der Waals surface area contributed by atoms with Gasteiger partial charge < -0.3 is 9.88 Å². The zero-order valence-corrected chi connectivity index (χ0v) is 16.7. The molecule has 0 radical (unpaired) electrons. The second-order valence-corrected chi connectivity index (χ2v) is 8.68. The van der Waals surface area contributed by atoms with Crippen molar-refractivity contribution in [3.05, 3.63) is 41.5 Å². The highest BCUT2D eigenvalue weighted by Gasteiger charge is 2.21. The van der Waals surface area contributed by atoms with Crippen LogP contribution in [0.25, 0.3) is 11.3 Å². The normalized spacial score (nSPS) is 15.0. The minimum atomic E-state index is -0.273. The van der Waals surface area contributed by atoms with Gasteiger partial charge in [-0.3, -0.25) is 4.79 Å². The number of carbonyl (C=O) groups excluding carboxylic acids is 1. The number of thiazole rings is 1. The van der Waals surface area contributed by atoms with Crippen LogP contribution in [0.15, 0.2) is 40.9 Å². The van der Waals surface area contributed by atoms with E-state index in [2.05, 4.69) is 25.1 Å². The lowest BCUT2D eigenvalue weighted by Crippen LogP contribution is -2.23. The zero-order valence-electron chi connectivity index (χ0n) is 15.1. The molecule has 1 aliphatic rings. The molecule has 6 nitrogen and oxygen atoms in total. The second kappa shape index (κ2) is 8.22. The first-order valence-corrected chi connectivity index (χ1v) is 10.9. The Bertz CT molecular complexity index is 921. The molecular formula is C19H21N5OS2. The minimum absolute atomic E-state index is 0.0695. The van der Waals surface area contributed by atoms with Crippen molar-refractivity contribution in [3.63, 3.8) is 0 Å². The van der Waals surface area contributed by atoms with Crippen molar-refractivity contribution in [2.24, 2.45) is 0 Å². The molecule has 0 aliphatic carbocycles. The summed E-state index contributed by atoms with van der Waals surface area (Å²) in [4.78, 5) is 17.1. The molecule has 0 bridgehead atoms. The molecule has 1 N–H and O–H groups in total. The fraction of sp³-hybridized carbons (Fsp3) is 0.368. The number of hydrogen-bond donors (Lipinski definition) is 1. The Hall–Kier alpha value is -2.19. The van der Waals surface area contributed by atoms with Crippen molar-refractivity contribution in [2.45, 2.75) is 49.6 Å². The molecule has 0 saturated carbocycles. The summed E-state index contributed by atoms with van der Waals surface area (Å²) < 4.78 is 2.17. The van der Waals surface area contributed by atoms with E-state index in [9.17, 15) is 4.79 Å². The maximum Gasteiger partial charge on any atom is 0.239 e. The quantitative estimate of drug-likeness (QED) is 0.650. The van der Waals surface area contributed by atoms with Crippen LogP contribution in [-0.2, 0) is 17.8 Å². The number of amides is 1. The molecule has 27 heavy (non-hydrogen) atoms. The maximum atomic E-state index is 12.6. The number of thioether (sulfide) groups is 1. The van der Waals surface area contributed by atoms with Gasteiger partial charge in [-0.2, -0.15) is 0 Å². The molecule has 0 saturated heterocycles. The Morgan fingerprint density at radius 1 is 1.22 bits per heavy atom. The third kappa shape index (κ3) is 4.22. The van der Waals surface area contributed by atoms with Gasteiger partial charge in [-0.05, 0) is 19.8 Å². The molecule has 1 aliphatic heterocycles. The maximum absolute atomic E-state index is 12.6. The summed E-state index contributed by atoms with van der Waals surface area (Å²) in [6.45, 7) is 2.83. The van der Waals surface area contributed by atoms with Gasteiger partial charge in [0.05, 0.1) is 10.9 Å². The van der Waals surface area contributed by atoms with E-state index in [1.165, 1.54) is 29.5 Å². The van der Waals surface area contributed by atoms with E-state index in [1.54, 1.807) is 0 Å². The van der Waals surface area contributed by atoms with Crippen molar-refractivity contribution in [1.82, 2.24) is 19.7 Å². The number of nitrogens with zero attached hydrogens (tertiary/aromatic N) is 4. The van der Waals surface area contributed by atoms with E-state index in [4.69, 9.17) is 0 Å². The van der Waals surface area contributed by atoms with Crippen LogP contribution in [-0.4, -0.2) is 30.9 Å². The van der Waals surface area contributed by atoms with Crippen molar-refractivity contribution in [3.8, 4) is 11.3 Å². The van der Waals surface area contributed by atoms with Gasteiger partial charge in [0, 0.05) is 23.9 Å². The van der Waals surface area contributed by atoms with Crippen LogP contribution in [0, 0.1) is 0 Å². The lowest BCUT2D eigenvalue weighted by Gasteiger charge is -2.11. The van der Waals surface area contributed by atoms with Gasteiger partial charge in [0.2, 0.25) is 5.91 Å². The lowest BCUT2D eigenvalue weighted by molar-refractivity contribution is -0.115. The average molecular weight is 400 g/mol. The van der Waals surface area contributed by atoms with E-state index in [-0.39, 0.29) is 11.2 Å². The topological polar surface area (TPSA) is 72.7 Å². The summed E-state index contributed by atoms with van der Waals surface area (Å²) in [5.74, 6) is 0.968. The van der Waals surface area contributed by atoms with Gasteiger partial charge in [-0.1, -0.05) is 48.5 Å². The van der Waals surface area contributed by atoms with Crippen molar-refractivity contribution < 1.29 is 4.79 Å². The monoisotopic (exact) mass is 399 g/mol. The Morgan fingerprint density at radius 3 is 2.93 bits per heavy atom. The Balaban J connectivity index is 1.40. The molecule has 2 aromatic heterocycles. The van der Waals surface area contributed by atoms with Crippen molar-refractivity contribution in [2.75, 3.05) is 5.32 Å². The Morgan fingerprint density at radius 2 is 2.07 bits per heavy atom. The van der Waals surface area contributed by atoms with E-state index < -0.39 is 0 Å². The number of carbonyl (C=O) groups is 1. The molecule has 3 aromatic rings. The van der Waals surface area contributed by atoms with E-state index >= 15 is 0 Å². The number of aryl methyl sites for hydroxylation is 1. The number of rotatable bonds is 5. The van der Waals surface area contributed by atoms with Gasteiger partial charge in [0.25, 0.3) is 0 Å². The molecule has 140 valence electrons. The zero-order chi connectivity index (χ0) is 18.6. The molecule has 0 spiro atoms. The summed E-state index contributed by atoms with van der Waals surface area (Å²) in [5, 5.41) is 14.7. The van der Waals surface area contributed by atoms with Gasteiger partial charge in [-0.25, -0.2) is 4.98 Å². The van der Waals surface area contributed by atoms with Crippen LogP contribution < -0.4 is 5.32 Å². The molecule has 1 amide bonds. The summed E-state index contributed by atoms with van der Waals surface area (Å²) in [5.41, 5.74) is 1.92. The highest BCUT2D eigenvalue weighted by atomic mass is 32.2. The third-order valence-electron chi connectivity index (χ3n) is 4.53. The molecule has 8 heteroatoms. The van der Waals surface area contributed by atoms with E-state index in [0.29, 0.717) is 5.13 Å². The first-order valence-electron chi connectivity index (χ1n) is 9.11. The van der Waals surface area contributed by atoms with Crippen LogP contribution in [0.1, 0.15) is 32.0 Å². The SMILES string of the molecule is C[C@@H](Sc1nnc2n1CCCCC2)C(=O)Nc1nc(-c2ccccc2)cs1. The molecule has 1 atom stereocenters. The number of nitrogens with one attached hydrogen (secondary N) is 1. The predicted molar refractivity (Wildman–Crippen MR) is 109 cm³/mol. The molecular weight excluding hydrogens is 378 g/mol. The van der Waals surface area contributed by atoms with Crippen molar-refractivity contribution >= 4 is 34.1 Å². The number of anilines is 1. The lowest BCUT2D eigenvalue weighted by atomic mass is 10.2. The summed E-state index contributed by atoms with van der Waals surface area (Å²) in [7, 11) is 0. The van der Waals surface area contributed by atoms with E-state index in [0.717, 1.165) is 48.0 Å².